The summed E-state index contributed by atoms with van der Waals surface area (Å²) in [4.78, 5) is 12.2. The molecule has 6 aliphatic rings. The van der Waals surface area contributed by atoms with Crippen LogP contribution in [0, 0.1) is 52.2 Å². The maximum absolute atomic E-state index is 12.2. The molecule has 4 heteroatoms. The smallest absolute Gasteiger partial charge is 0.306 e. The molecule has 152 valence electrons. The summed E-state index contributed by atoms with van der Waals surface area (Å²) in [5.41, 5.74) is 2.15. The predicted molar refractivity (Wildman–Crippen MR) is 106 cm³/mol. The number of ether oxygens (including phenoxy) is 1. The van der Waals surface area contributed by atoms with Gasteiger partial charge in [-0.3, -0.25) is 4.79 Å². The number of allylic oxidation sites excluding steroid dienone is 1. The van der Waals surface area contributed by atoms with Gasteiger partial charge in [0.05, 0.1) is 0 Å². The van der Waals surface area contributed by atoms with Gasteiger partial charge in [-0.25, -0.2) is 0 Å². The zero-order valence-corrected chi connectivity index (χ0v) is 17.0. The van der Waals surface area contributed by atoms with E-state index in [9.17, 15) is 9.90 Å². The zero-order chi connectivity index (χ0) is 19.3. The molecule has 5 aliphatic carbocycles. The van der Waals surface area contributed by atoms with E-state index in [4.69, 9.17) is 10.1 Å². The second kappa shape index (κ2) is 5.71. The molecule has 0 aromatic rings. The Kier molecular flexibility index (Phi) is 3.61. The number of carbonyl (C=O) groups is 1. The predicted octanol–water partition coefficient (Wildman–Crippen LogP) is 4.12. The molecular formula is C24H33NO3. The van der Waals surface area contributed by atoms with Crippen LogP contribution < -0.4 is 0 Å². The molecular weight excluding hydrogens is 350 g/mol. The number of hydrogen-bond donors (Lipinski definition) is 2. The second-order valence-corrected chi connectivity index (χ2v) is 10.7. The van der Waals surface area contributed by atoms with Crippen LogP contribution in [-0.2, 0) is 9.53 Å². The van der Waals surface area contributed by atoms with Crippen molar-refractivity contribution in [2.24, 2.45) is 46.8 Å². The molecule has 9 atom stereocenters. The topological polar surface area (TPSA) is 70.4 Å². The maximum atomic E-state index is 12.2. The highest BCUT2D eigenvalue weighted by Crippen LogP contribution is 2.79. The standard InChI is InChI=1S/C24H33NO3/c1-2-23-7-5-16-15-4-3-14(25)10-17(15)13(12-26)9-18(16)22(23)19-11-20(19)24(23)8-6-21(27)28-24/h10,13,15-16,18-20,22,25-26H,2-9,11-12H2,1H3/t13?,15-,16?,18?,19?,20?,22?,23+,24+/m1/s1. The van der Waals surface area contributed by atoms with Gasteiger partial charge in [0.1, 0.15) is 5.60 Å². The lowest BCUT2D eigenvalue weighted by Crippen LogP contribution is -2.57. The van der Waals surface area contributed by atoms with Gasteiger partial charge in [-0.15, -0.1) is 0 Å². The van der Waals surface area contributed by atoms with Crippen molar-refractivity contribution in [3.05, 3.63) is 11.6 Å². The van der Waals surface area contributed by atoms with Crippen molar-refractivity contribution in [2.75, 3.05) is 6.61 Å². The fraction of sp³-hybridized carbons (Fsp3) is 0.833. The molecule has 1 heterocycles. The number of carbonyl (C=O) groups excluding carboxylic acids is 1. The number of aliphatic hydroxyl groups is 1. The summed E-state index contributed by atoms with van der Waals surface area (Å²) in [6.45, 7) is 2.56. The van der Waals surface area contributed by atoms with E-state index in [-0.39, 0.29) is 29.5 Å². The lowest BCUT2D eigenvalue weighted by Gasteiger charge is -2.59. The van der Waals surface area contributed by atoms with Gasteiger partial charge < -0.3 is 15.3 Å². The average Bonchev–Trinajstić information content (AvgIpc) is 3.34. The Morgan fingerprint density at radius 1 is 1.18 bits per heavy atom. The van der Waals surface area contributed by atoms with E-state index in [1.807, 2.05) is 0 Å². The van der Waals surface area contributed by atoms with Crippen LogP contribution in [0.3, 0.4) is 0 Å². The highest BCUT2D eigenvalue weighted by molar-refractivity contribution is 5.94. The Balaban J connectivity index is 1.41. The molecule has 2 N–H and O–H groups in total. The Hall–Kier alpha value is -1.16. The van der Waals surface area contributed by atoms with Crippen LogP contribution >= 0.6 is 0 Å². The highest BCUT2D eigenvalue weighted by atomic mass is 16.6. The van der Waals surface area contributed by atoms with Gasteiger partial charge in [0.25, 0.3) is 0 Å². The molecule has 4 saturated carbocycles. The lowest BCUT2D eigenvalue weighted by atomic mass is 9.46. The Labute approximate surface area is 167 Å². The van der Waals surface area contributed by atoms with Crippen molar-refractivity contribution >= 4 is 11.7 Å². The number of rotatable bonds is 2. The largest absolute Gasteiger partial charge is 0.458 e. The summed E-state index contributed by atoms with van der Waals surface area (Å²) in [5.74, 6) is 4.23. The molecule has 6 rings (SSSR count). The Bertz CT molecular complexity index is 774. The third-order valence-electron chi connectivity index (χ3n) is 10.2. The molecule has 4 nitrogen and oxygen atoms in total. The lowest BCUT2D eigenvalue weighted by molar-refractivity contribution is -0.180. The summed E-state index contributed by atoms with van der Waals surface area (Å²) in [5, 5.41) is 18.4. The van der Waals surface area contributed by atoms with Gasteiger partial charge in [0.2, 0.25) is 0 Å². The van der Waals surface area contributed by atoms with Gasteiger partial charge in [-0.1, -0.05) is 12.5 Å². The third kappa shape index (κ3) is 1.96. The summed E-state index contributed by atoms with van der Waals surface area (Å²) in [6, 6.07) is 0. The van der Waals surface area contributed by atoms with E-state index >= 15 is 0 Å². The number of esters is 1. The van der Waals surface area contributed by atoms with Gasteiger partial charge in [-0.2, -0.15) is 0 Å². The van der Waals surface area contributed by atoms with Crippen LogP contribution in [0.5, 0.6) is 0 Å². The first kappa shape index (κ1) is 17.7. The van der Waals surface area contributed by atoms with Gasteiger partial charge >= 0.3 is 5.97 Å². The van der Waals surface area contributed by atoms with E-state index < -0.39 is 0 Å². The minimum atomic E-state index is -0.168. The molecule has 0 aromatic carbocycles. The summed E-state index contributed by atoms with van der Waals surface area (Å²) in [7, 11) is 0. The maximum Gasteiger partial charge on any atom is 0.306 e. The molecule has 0 bridgehead atoms. The van der Waals surface area contributed by atoms with Crippen molar-refractivity contribution < 1.29 is 14.6 Å². The van der Waals surface area contributed by atoms with E-state index in [1.165, 1.54) is 24.8 Å². The monoisotopic (exact) mass is 383 g/mol. The van der Waals surface area contributed by atoms with Gasteiger partial charge in [0, 0.05) is 36.0 Å². The van der Waals surface area contributed by atoms with E-state index in [1.54, 1.807) is 0 Å². The van der Waals surface area contributed by atoms with Crippen molar-refractivity contribution in [3.63, 3.8) is 0 Å². The van der Waals surface area contributed by atoms with Crippen LogP contribution in [-0.4, -0.2) is 29.0 Å². The summed E-state index contributed by atoms with van der Waals surface area (Å²) < 4.78 is 6.25. The molecule has 5 fully saturated rings. The minimum Gasteiger partial charge on any atom is -0.458 e. The van der Waals surface area contributed by atoms with E-state index in [2.05, 4.69) is 13.0 Å². The number of nitrogens with one attached hydrogen (secondary N) is 1. The second-order valence-electron chi connectivity index (χ2n) is 10.7. The number of fused-ring (bicyclic) bond motifs is 9. The van der Waals surface area contributed by atoms with Crippen molar-refractivity contribution in [1.29, 1.82) is 5.41 Å². The molecule has 1 saturated heterocycles. The first-order valence-corrected chi connectivity index (χ1v) is 11.7. The Morgan fingerprint density at radius 2 is 2.04 bits per heavy atom. The fourth-order valence-electron chi connectivity index (χ4n) is 9.34. The average molecular weight is 384 g/mol. The molecule has 0 amide bonds. The molecule has 6 unspecified atom stereocenters. The molecule has 1 spiro atoms. The van der Waals surface area contributed by atoms with Crippen LogP contribution in [0.2, 0.25) is 0 Å². The van der Waals surface area contributed by atoms with Crippen molar-refractivity contribution in [2.45, 2.75) is 70.3 Å². The summed E-state index contributed by atoms with van der Waals surface area (Å²) in [6.07, 6.45) is 11.6. The molecule has 1 aliphatic heterocycles. The summed E-state index contributed by atoms with van der Waals surface area (Å²) >= 11 is 0. The Morgan fingerprint density at radius 3 is 2.75 bits per heavy atom. The SMILES string of the molecule is CC[C@]12CCC3C(CC(CO)C4=CC(=N)CC[C@@H]43)C1C1CC1[C@@]21CCC(=O)O1. The number of hydrogen-bond acceptors (Lipinski definition) is 4. The minimum absolute atomic E-state index is 0.0362. The van der Waals surface area contributed by atoms with Crippen LogP contribution in [0.25, 0.3) is 0 Å². The quantitative estimate of drug-likeness (QED) is 0.705. The first-order valence-electron chi connectivity index (χ1n) is 11.7. The van der Waals surface area contributed by atoms with Gasteiger partial charge in [0.15, 0.2) is 0 Å². The van der Waals surface area contributed by atoms with Crippen LogP contribution in [0.4, 0.5) is 0 Å². The highest BCUT2D eigenvalue weighted by Gasteiger charge is 2.79. The number of aliphatic hydroxyl groups excluding tert-OH is 1. The molecule has 0 radical (unpaired) electrons. The van der Waals surface area contributed by atoms with Crippen molar-refractivity contribution in [1.82, 2.24) is 0 Å². The normalized spacial score (nSPS) is 53.8. The fourth-order valence-corrected chi connectivity index (χ4v) is 9.34. The molecule has 0 aromatic heterocycles. The van der Waals surface area contributed by atoms with Crippen LogP contribution in [0.1, 0.15) is 64.7 Å². The van der Waals surface area contributed by atoms with E-state index in [0.29, 0.717) is 36.0 Å². The van der Waals surface area contributed by atoms with Crippen molar-refractivity contribution in [3.8, 4) is 0 Å². The van der Waals surface area contributed by atoms with Crippen LogP contribution in [0.15, 0.2) is 11.6 Å². The molecule has 28 heavy (non-hydrogen) atoms. The first-order chi connectivity index (χ1) is 13.5. The third-order valence-corrected chi connectivity index (χ3v) is 10.2. The van der Waals surface area contributed by atoms with Gasteiger partial charge in [-0.05, 0) is 87.0 Å². The zero-order valence-electron chi connectivity index (χ0n) is 17.0. The van der Waals surface area contributed by atoms with E-state index in [0.717, 1.165) is 43.7 Å².